The van der Waals surface area contributed by atoms with Crippen molar-refractivity contribution in [1.29, 1.82) is 0 Å². The molecule has 1 N–H and O–H groups in total. The number of likely N-dealkylation sites (tertiary alicyclic amines) is 2. The Morgan fingerprint density at radius 1 is 0.976 bits per heavy atom. The number of β-amino-alcohol motifs (C(OH)–C–C–N with tert-alkyl or cyclic N) is 1. The topological polar surface area (TPSA) is 76.0 Å². The molecule has 0 bridgehead atoms. The zero-order valence-corrected chi connectivity index (χ0v) is 26.2. The summed E-state index contributed by atoms with van der Waals surface area (Å²) in [6.45, 7) is 15.7. The summed E-state index contributed by atoms with van der Waals surface area (Å²) in [6.07, 6.45) is 5.05. The van der Waals surface area contributed by atoms with Crippen LogP contribution in [-0.2, 0) is 4.79 Å². The van der Waals surface area contributed by atoms with Gasteiger partial charge in [0.2, 0.25) is 5.91 Å². The second kappa shape index (κ2) is 11.9. The van der Waals surface area contributed by atoms with Gasteiger partial charge in [0.25, 0.3) is 0 Å². The summed E-state index contributed by atoms with van der Waals surface area (Å²) in [6, 6.07) is 10.4. The van der Waals surface area contributed by atoms with Crippen LogP contribution in [0.1, 0.15) is 70.2 Å². The Kier molecular flexibility index (Phi) is 8.33. The standard InChI is InChI=1S/C34H50N6O2/c1-23(2)30-11-10-28(16-35-30)39-19-26(15-27(20-39)34(42)21-37(5)22-34)29-14-25(17-38-12-7-13-38)18-40(33(29)41)32-9-6-8-31(36-32)24(3)4/h6,8-11,16,23-27,29,42H,7,12-15,17-22H2,1-5H3/t25?,26?,27-,29?/m0/s1. The first kappa shape index (κ1) is 29.5. The van der Waals surface area contributed by atoms with Gasteiger partial charge in [0.15, 0.2) is 0 Å². The number of rotatable bonds is 8. The number of aliphatic hydroxyl groups is 1. The summed E-state index contributed by atoms with van der Waals surface area (Å²) in [5.41, 5.74) is 2.50. The summed E-state index contributed by atoms with van der Waals surface area (Å²) >= 11 is 0. The minimum atomic E-state index is -0.710. The molecule has 4 saturated heterocycles. The zero-order chi connectivity index (χ0) is 29.6. The molecule has 42 heavy (non-hydrogen) atoms. The third-order valence-electron chi connectivity index (χ3n) is 10.3. The van der Waals surface area contributed by atoms with Gasteiger partial charge in [-0.1, -0.05) is 33.8 Å². The van der Waals surface area contributed by atoms with E-state index in [0.29, 0.717) is 30.8 Å². The number of likely N-dealkylation sites (N-methyl/N-ethyl adjacent to an activating group) is 1. The SMILES string of the molecule is CC(C)c1ccc(N2CC(C3CC(CN4CCC4)CN(c4cccc(C(C)C)n4)C3=O)C[C@H](C3(O)CN(C)C3)C2)cn1. The van der Waals surface area contributed by atoms with Crippen molar-refractivity contribution >= 4 is 17.4 Å². The van der Waals surface area contributed by atoms with Gasteiger partial charge in [-0.15, -0.1) is 0 Å². The van der Waals surface area contributed by atoms with Crippen molar-refractivity contribution in [1.82, 2.24) is 19.8 Å². The van der Waals surface area contributed by atoms with Crippen molar-refractivity contribution in [3.8, 4) is 0 Å². The lowest BCUT2D eigenvalue weighted by atomic mass is 9.68. The molecular weight excluding hydrogens is 524 g/mol. The van der Waals surface area contributed by atoms with Gasteiger partial charge in [-0.05, 0) is 87.3 Å². The minimum Gasteiger partial charge on any atom is -0.387 e. The van der Waals surface area contributed by atoms with E-state index in [2.05, 4.69) is 67.6 Å². The van der Waals surface area contributed by atoms with E-state index in [-0.39, 0.29) is 23.7 Å². The van der Waals surface area contributed by atoms with Crippen LogP contribution in [0.3, 0.4) is 0 Å². The van der Waals surface area contributed by atoms with Crippen LogP contribution in [0.5, 0.6) is 0 Å². The first-order valence-corrected chi connectivity index (χ1v) is 16.2. The Morgan fingerprint density at radius 3 is 2.36 bits per heavy atom. The molecule has 4 fully saturated rings. The van der Waals surface area contributed by atoms with Crippen molar-refractivity contribution in [2.75, 3.05) is 69.2 Å². The van der Waals surface area contributed by atoms with Crippen LogP contribution >= 0.6 is 0 Å². The zero-order valence-electron chi connectivity index (χ0n) is 26.2. The van der Waals surface area contributed by atoms with Crippen LogP contribution in [0.2, 0.25) is 0 Å². The lowest BCUT2D eigenvalue weighted by Crippen LogP contribution is -2.67. The van der Waals surface area contributed by atoms with Gasteiger partial charge in [-0.25, -0.2) is 4.98 Å². The van der Waals surface area contributed by atoms with Gasteiger partial charge in [0.1, 0.15) is 5.82 Å². The molecule has 0 spiro atoms. The molecule has 4 aliphatic rings. The van der Waals surface area contributed by atoms with Crippen LogP contribution in [-0.4, -0.2) is 95.8 Å². The average molecular weight is 575 g/mol. The van der Waals surface area contributed by atoms with Crippen LogP contribution in [0, 0.1) is 23.7 Å². The maximum atomic E-state index is 14.4. The molecule has 8 heteroatoms. The van der Waals surface area contributed by atoms with E-state index >= 15 is 0 Å². The van der Waals surface area contributed by atoms with Gasteiger partial charge in [-0.3, -0.25) is 14.7 Å². The van der Waals surface area contributed by atoms with E-state index in [9.17, 15) is 9.90 Å². The summed E-state index contributed by atoms with van der Waals surface area (Å²) in [7, 11) is 2.07. The highest BCUT2D eigenvalue weighted by molar-refractivity contribution is 5.95. The number of anilines is 2. The van der Waals surface area contributed by atoms with Crippen LogP contribution in [0.25, 0.3) is 0 Å². The number of carbonyl (C=O) groups excluding carboxylic acids is 1. The second-order valence-corrected chi connectivity index (χ2v) is 14.4. The molecule has 4 aliphatic heterocycles. The summed E-state index contributed by atoms with van der Waals surface area (Å²) in [4.78, 5) is 33.3. The Morgan fingerprint density at radius 2 is 1.74 bits per heavy atom. The van der Waals surface area contributed by atoms with E-state index in [1.807, 2.05) is 23.2 Å². The molecule has 0 radical (unpaired) electrons. The van der Waals surface area contributed by atoms with Crippen LogP contribution < -0.4 is 9.80 Å². The molecule has 2 aromatic heterocycles. The Balaban J connectivity index is 1.31. The number of aromatic nitrogens is 2. The molecule has 0 saturated carbocycles. The molecule has 4 atom stereocenters. The van der Waals surface area contributed by atoms with Crippen molar-refractivity contribution in [3.63, 3.8) is 0 Å². The third kappa shape index (κ3) is 5.95. The highest BCUT2D eigenvalue weighted by Gasteiger charge is 2.51. The molecule has 6 heterocycles. The number of piperidine rings is 2. The Hall–Kier alpha value is -2.55. The van der Waals surface area contributed by atoms with Crippen LogP contribution in [0.4, 0.5) is 11.5 Å². The van der Waals surface area contributed by atoms with Crippen molar-refractivity contribution < 1.29 is 9.90 Å². The first-order valence-electron chi connectivity index (χ1n) is 16.2. The summed E-state index contributed by atoms with van der Waals surface area (Å²) < 4.78 is 0. The van der Waals surface area contributed by atoms with Gasteiger partial charge < -0.3 is 19.8 Å². The highest BCUT2D eigenvalue weighted by atomic mass is 16.3. The molecule has 228 valence electrons. The number of amides is 1. The molecule has 0 aromatic carbocycles. The molecule has 1 amide bonds. The van der Waals surface area contributed by atoms with Gasteiger partial charge in [0, 0.05) is 62.5 Å². The van der Waals surface area contributed by atoms with E-state index in [4.69, 9.17) is 9.97 Å². The predicted molar refractivity (Wildman–Crippen MR) is 168 cm³/mol. The molecule has 6 rings (SSSR count). The third-order valence-corrected chi connectivity index (χ3v) is 10.3. The fourth-order valence-corrected chi connectivity index (χ4v) is 7.76. The summed E-state index contributed by atoms with van der Waals surface area (Å²) in [5.74, 6) is 2.27. The minimum absolute atomic E-state index is 0.0934. The maximum Gasteiger partial charge on any atom is 0.231 e. The first-order chi connectivity index (χ1) is 20.1. The Bertz CT molecular complexity index is 1240. The van der Waals surface area contributed by atoms with Crippen molar-refractivity contribution in [3.05, 3.63) is 47.9 Å². The van der Waals surface area contributed by atoms with Gasteiger partial charge in [-0.2, -0.15) is 0 Å². The maximum absolute atomic E-state index is 14.4. The van der Waals surface area contributed by atoms with E-state index in [1.165, 1.54) is 6.42 Å². The smallest absolute Gasteiger partial charge is 0.231 e. The second-order valence-electron chi connectivity index (χ2n) is 14.4. The van der Waals surface area contributed by atoms with Gasteiger partial charge >= 0.3 is 0 Å². The number of pyridine rings is 2. The normalized spacial score (nSPS) is 28.7. The van der Waals surface area contributed by atoms with E-state index in [0.717, 1.165) is 75.0 Å². The van der Waals surface area contributed by atoms with E-state index < -0.39 is 5.60 Å². The largest absolute Gasteiger partial charge is 0.387 e. The molecule has 3 unspecified atom stereocenters. The van der Waals surface area contributed by atoms with Crippen molar-refractivity contribution in [2.45, 2.75) is 64.4 Å². The quantitative estimate of drug-likeness (QED) is 0.506. The summed E-state index contributed by atoms with van der Waals surface area (Å²) in [5, 5.41) is 11.7. The highest BCUT2D eigenvalue weighted by Crippen LogP contribution is 2.43. The number of hydrogen-bond acceptors (Lipinski definition) is 7. The molecular formula is C34H50N6O2. The number of nitrogens with zero attached hydrogens (tertiary/aromatic N) is 6. The molecule has 2 aromatic rings. The predicted octanol–water partition coefficient (Wildman–Crippen LogP) is 4.22. The monoisotopic (exact) mass is 574 g/mol. The number of carbonyl (C=O) groups is 1. The van der Waals surface area contributed by atoms with Crippen LogP contribution in [0.15, 0.2) is 36.5 Å². The molecule has 8 nitrogen and oxygen atoms in total. The van der Waals surface area contributed by atoms with Gasteiger partial charge in [0.05, 0.1) is 17.5 Å². The van der Waals surface area contributed by atoms with Crippen molar-refractivity contribution in [2.24, 2.45) is 23.7 Å². The van der Waals surface area contributed by atoms with E-state index in [1.54, 1.807) is 0 Å². The lowest BCUT2D eigenvalue weighted by Gasteiger charge is -2.54. The number of hydrogen-bond donors (Lipinski definition) is 1. The Labute approximate surface area is 252 Å². The fraction of sp³-hybridized carbons (Fsp3) is 0.676. The fourth-order valence-electron chi connectivity index (χ4n) is 7.76. The lowest BCUT2D eigenvalue weighted by molar-refractivity contribution is -0.139. The average Bonchev–Trinajstić information content (AvgIpc) is 2.94. The molecule has 0 aliphatic carbocycles.